The highest BCUT2D eigenvalue weighted by Crippen LogP contribution is 2.61. The lowest BCUT2D eigenvalue weighted by molar-refractivity contribution is -0.130. The van der Waals surface area contributed by atoms with Crippen LogP contribution in [0.5, 0.6) is 0 Å². The van der Waals surface area contributed by atoms with Gasteiger partial charge < -0.3 is 14.7 Å². The molecule has 1 amide bonds. The average Bonchev–Trinajstić information content (AvgIpc) is 2.43. The Bertz CT molecular complexity index is 502. The van der Waals surface area contributed by atoms with Crippen molar-refractivity contribution in [1.82, 2.24) is 4.90 Å². The first-order valence-electron chi connectivity index (χ1n) is 7.65. The van der Waals surface area contributed by atoms with E-state index >= 15 is 0 Å². The molecule has 0 unspecified atom stereocenters. The molecule has 2 saturated carbocycles. The maximum atomic E-state index is 12.2. The molecular weight excluding hydrogens is 266 g/mol. The lowest BCUT2D eigenvalue weighted by Gasteiger charge is -2.62. The van der Waals surface area contributed by atoms with Crippen molar-refractivity contribution >= 4 is 6.09 Å². The van der Waals surface area contributed by atoms with Gasteiger partial charge in [-0.2, -0.15) is 0 Å². The minimum absolute atomic E-state index is 0.0195. The molecule has 114 valence electrons. The second-order valence-electron chi connectivity index (χ2n) is 6.69. The van der Waals surface area contributed by atoms with Crippen LogP contribution < -0.4 is 0 Å². The molecule has 0 bridgehead atoms. The molecule has 4 heteroatoms. The van der Waals surface area contributed by atoms with Crippen molar-refractivity contribution in [3.05, 3.63) is 35.9 Å². The number of likely N-dealkylation sites (N-methyl/N-ethyl adjacent to an activating group) is 1. The molecule has 0 heterocycles. The van der Waals surface area contributed by atoms with Crippen molar-refractivity contribution in [3.63, 3.8) is 0 Å². The normalized spacial score (nSPS) is 21.2. The molecule has 1 N–H and O–H groups in total. The number of rotatable bonds is 4. The first-order chi connectivity index (χ1) is 10.1. The van der Waals surface area contributed by atoms with Gasteiger partial charge in [-0.1, -0.05) is 36.8 Å². The first kappa shape index (κ1) is 14.4. The molecule has 0 saturated heterocycles. The van der Waals surface area contributed by atoms with Gasteiger partial charge in [0.15, 0.2) is 0 Å². The number of carbonyl (C=O) groups is 1. The number of aliphatic hydroxyl groups excluding tert-OH is 1. The Kier molecular flexibility index (Phi) is 3.66. The van der Waals surface area contributed by atoms with Crippen molar-refractivity contribution in [1.29, 1.82) is 0 Å². The summed E-state index contributed by atoms with van der Waals surface area (Å²) in [6.45, 7) is 0.294. The fourth-order valence-corrected chi connectivity index (χ4v) is 3.84. The zero-order valence-electron chi connectivity index (χ0n) is 12.5. The molecule has 0 radical (unpaired) electrons. The summed E-state index contributed by atoms with van der Waals surface area (Å²) in [4.78, 5) is 13.8. The van der Waals surface area contributed by atoms with Crippen LogP contribution in [0.4, 0.5) is 4.79 Å². The van der Waals surface area contributed by atoms with Gasteiger partial charge >= 0.3 is 6.09 Å². The van der Waals surface area contributed by atoms with Crippen molar-refractivity contribution in [2.24, 2.45) is 5.41 Å². The first-order valence-corrected chi connectivity index (χ1v) is 7.65. The molecule has 0 aliphatic heterocycles. The molecule has 0 aromatic heterocycles. The molecule has 21 heavy (non-hydrogen) atoms. The van der Waals surface area contributed by atoms with Crippen LogP contribution in [0.2, 0.25) is 0 Å². The van der Waals surface area contributed by atoms with E-state index in [4.69, 9.17) is 4.74 Å². The summed E-state index contributed by atoms with van der Waals surface area (Å²) in [5.74, 6) is 0. The van der Waals surface area contributed by atoms with Crippen LogP contribution in [0.25, 0.3) is 0 Å². The van der Waals surface area contributed by atoms with Crippen molar-refractivity contribution in [2.75, 3.05) is 13.7 Å². The standard InChI is InChI=1S/C17H23NO3/c1-18(15(20)21-10-14-6-3-2-4-7-14)17(13-19)11-16(12-17)8-5-9-16/h2-4,6-7,19H,5,8-13H2,1H3. The van der Waals surface area contributed by atoms with Crippen LogP contribution in [0.15, 0.2) is 30.3 Å². The van der Waals surface area contributed by atoms with Crippen molar-refractivity contribution in [3.8, 4) is 0 Å². The van der Waals surface area contributed by atoms with Gasteiger partial charge in [-0.25, -0.2) is 4.79 Å². The molecule has 2 aliphatic carbocycles. The van der Waals surface area contributed by atoms with E-state index in [0.29, 0.717) is 5.41 Å². The van der Waals surface area contributed by atoms with Crippen LogP contribution in [0.3, 0.4) is 0 Å². The van der Waals surface area contributed by atoms with E-state index in [1.165, 1.54) is 19.3 Å². The molecular formula is C17H23NO3. The quantitative estimate of drug-likeness (QED) is 0.927. The van der Waals surface area contributed by atoms with E-state index in [1.54, 1.807) is 11.9 Å². The summed E-state index contributed by atoms with van der Waals surface area (Å²) < 4.78 is 5.37. The van der Waals surface area contributed by atoms with Crippen LogP contribution in [-0.4, -0.2) is 35.3 Å². The average molecular weight is 289 g/mol. The van der Waals surface area contributed by atoms with Gasteiger partial charge in [0, 0.05) is 7.05 Å². The number of amides is 1. The summed E-state index contributed by atoms with van der Waals surface area (Å²) in [5.41, 5.74) is 0.964. The Balaban J connectivity index is 1.56. The minimum atomic E-state index is -0.409. The van der Waals surface area contributed by atoms with E-state index in [9.17, 15) is 9.90 Å². The highest BCUT2D eigenvalue weighted by molar-refractivity contribution is 5.68. The minimum Gasteiger partial charge on any atom is -0.445 e. The number of nitrogens with zero attached hydrogens (tertiary/aromatic N) is 1. The largest absolute Gasteiger partial charge is 0.445 e. The van der Waals surface area contributed by atoms with E-state index in [-0.39, 0.29) is 19.3 Å². The van der Waals surface area contributed by atoms with E-state index in [1.807, 2.05) is 30.3 Å². The number of benzene rings is 1. The highest BCUT2D eigenvalue weighted by Gasteiger charge is 2.59. The maximum Gasteiger partial charge on any atom is 0.410 e. The third-order valence-corrected chi connectivity index (χ3v) is 5.31. The second kappa shape index (κ2) is 5.34. The molecule has 0 atom stereocenters. The summed E-state index contributed by atoms with van der Waals surface area (Å²) in [7, 11) is 1.75. The van der Waals surface area contributed by atoms with Gasteiger partial charge in [0.1, 0.15) is 6.61 Å². The maximum absolute atomic E-state index is 12.2. The predicted octanol–water partition coefficient (Wildman–Crippen LogP) is 2.95. The highest BCUT2D eigenvalue weighted by atomic mass is 16.6. The predicted molar refractivity (Wildman–Crippen MR) is 79.7 cm³/mol. The summed E-state index contributed by atoms with van der Waals surface area (Å²) in [6, 6.07) is 9.65. The molecule has 1 aromatic rings. The lowest BCUT2D eigenvalue weighted by Crippen LogP contribution is -2.66. The molecule has 2 fully saturated rings. The van der Waals surface area contributed by atoms with Crippen LogP contribution in [0.1, 0.15) is 37.7 Å². The second-order valence-corrected chi connectivity index (χ2v) is 6.69. The molecule has 4 nitrogen and oxygen atoms in total. The number of ether oxygens (including phenoxy) is 1. The van der Waals surface area contributed by atoms with Gasteiger partial charge in [0.05, 0.1) is 12.1 Å². The zero-order valence-corrected chi connectivity index (χ0v) is 12.5. The van der Waals surface area contributed by atoms with Crippen LogP contribution in [-0.2, 0) is 11.3 Å². The van der Waals surface area contributed by atoms with E-state index in [0.717, 1.165) is 18.4 Å². The van der Waals surface area contributed by atoms with E-state index < -0.39 is 5.54 Å². The monoisotopic (exact) mass is 289 g/mol. The number of hydrogen-bond donors (Lipinski definition) is 1. The third-order valence-electron chi connectivity index (χ3n) is 5.31. The van der Waals surface area contributed by atoms with Crippen molar-refractivity contribution < 1.29 is 14.6 Å². The summed E-state index contributed by atoms with van der Waals surface area (Å²) >= 11 is 0. The fourth-order valence-electron chi connectivity index (χ4n) is 3.84. The van der Waals surface area contributed by atoms with Gasteiger partial charge in [0.2, 0.25) is 0 Å². The molecule has 1 aromatic carbocycles. The zero-order chi connectivity index (χ0) is 14.9. The molecule has 1 spiro atoms. The Morgan fingerprint density at radius 2 is 1.95 bits per heavy atom. The van der Waals surface area contributed by atoms with Crippen LogP contribution >= 0.6 is 0 Å². The molecule has 2 aliphatic rings. The van der Waals surface area contributed by atoms with Gasteiger partial charge in [-0.05, 0) is 36.7 Å². The lowest BCUT2D eigenvalue weighted by atomic mass is 9.48. The Morgan fingerprint density at radius 3 is 2.48 bits per heavy atom. The van der Waals surface area contributed by atoms with E-state index in [2.05, 4.69) is 0 Å². The fraction of sp³-hybridized carbons (Fsp3) is 0.588. The topological polar surface area (TPSA) is 49.8 Å². The Hall–Kier alpha value is -1.55. The van der Waals surface area contributed by atoms with Crippen molar-refractivity contribution in [2.45, 2.75) is 44.2 Å². The van der Waals surface area contributed by atoms with Crippen LogP contribution in [0, 0.1) is 5.41 Å². The Morgan fingerprint density at radius 1 is 1.29 bits per heavy atom. The Labute approximate surface area is 125 Å². The number of aliphatic hydroxyl groups is 1. The van der Waals surface area contributed by atoms with Gasteiger partial charge in [0.25, 0.3) is 0 Å². The number of hydrogen-bond acceptors (Lipinski definition) is 3. The van der Waals surface area contributed by atoms with Gasteiger partial charge in [-0.3, -0.25) is 0 Å². The van der Waals surface area contributed by atoms with Gasteiger partial charge in [-0.15, -0.1) is 0 Å². The number of carbonyl (C=O) groups excluding carboxylic acids is 1. The third kappa shape index (κ3) is 2.53. The summed E-state index contributed by atoms with van der Waals surface area (Å²) in [6.07, 6.45) is 5.23. The summed E-state index contributed by atoms with van der Waals surface area (Å²) in [5, 5.41) is 9.74. The smallest absolute Gasteiger partial charge is 0.410 e. The molecule has 3 rings (SSSR count). The SMILES string of the molecule is CN(C(=O)OCc1ccccc1)C1(CO)CC2(CCC2)C1.